The number of aromatic nitrogens is 4. The Morgan fingerprint density at radius 2 is 1.88 bits per heavy atom. The summed E-state index contributed by atoms with van der Waals surface area (Å²) in [4.78, 5) is 43.3. The summed E-state index contributed by atoms with van der Waals surface area (Å²) in [7, 11) is 0. The number of imidazole rings is 1. The lowest BCUT2D eigenvalue weighted by Crippen LogP contribution is -2.31. The highest BCUT2D eigenvalue weighted by molar-refractivity contribution is 5.71. The first-order valence-corrected chi connectivity index (χ1v) is 9.26. The van der Waals surface area contributed by atoms with Crippen LogP contribution in [0, 0.1) is 5.92 Å². The van der Waals surface area contributed by atoms with Gasteiger partial charge in [-0.15, -0.1) is 0 Å². The highest BCUT2D eigenvalue weighted by Gasteiger charge is 2.19. The zero-order valence-corrected chi connectivity index (χ0v) is 16.0. The fourth-order valence-corrected chi connectivity index (χ4v) is 2.85. The molecule has 0 aliphatic carbocycles. The predicted octanol–water partition coefficient (Wildman–Crippen LogP) is 2.19. The molecule has 0 radical (unpaired) electrons. The third-order valence-corrected chi connectivity index (χ3v) is 4.08. The largest absolute Gasteiger partial charge is 0.457 e. The lowest BCUT2D eigenvalue weighted by atomic mass is 10.1. The van der Waals surface area contributed by atoms with E-state index in [0.717, 1.165) is 19.3 Å². The van der Waals surface area contributed by atoms with E-state index in [1.807, 2.05) is 27.7 Å². The molecule has 2 heterocycles. The molecule has 0 amide bonds. The number of carbonyl (C=O) groups excluding carboxylic acids is 1. The minimum absolute atomic E-state index is 0.0123. The number of nitrogens with zero attached hydrogens (tertiary/aromatic N) is 3. The molecule has 0 unspecified atom stereocenters. The molecule has 26 heavy (non-hydrogen) atoms. The number of ether oxygens (including phenoxy) is 1. The number of hydrogen-bond donors (Lipinski definition) is 1. The fraction of sp³-hybridized carbons (Fsp3) is 0.667. The van der Waals surface area contributed by atoms with E-state index >= 15 is 0 Å². The maximum absolute atomic E-state index is 12.4. The summed E-state index contributed by atoms with van der Waals surface area (Å²) >= 11 is 0. The molecular weight excluding hydrogens is 336 g/mol. The first-order valence-electron chi connectivity index (χ1n) is 9.26. The number of esters is 1. The van der Waals surface area contributed by atoms with Crippen molar-refractivity contribution in [2.45, 2.75) is 73.1 Å². The fourth-order valence-electron chi connectivity index (χ4n) is 2.85. The van der Waals surface area contributed by atoms with E-state index in [4.69, 9.17) is 4.74 Å². The lowest BCUT2D eigenvalue weighted by molar-refractivity contribution is -0.146. The monoisotopic (exact) mass is 364 g/mol. The first-order chi connectivity index (χ1) is 12.4. The summed E-state index contributed by atoms with van der Waals surface area (Å²) in [6.45, 7) is 8.94. The van der Waals surface area contributed by atoms with Crippen molar-refractivity contribution in [1.29, 1.82) is 0 Å². The Morgan fingerprint density at radius 1 is 1.15 bits per heavy atom. The quantitative estimate of drug-likeness (QED) is 0.688. The van der Waals surface area contributed by atoms with Crippen LogP contribution in [0.3, 0.4) is 0 Å². The molecule has 0 fully saturated rings. The third-order valence-electron chi connectivity index (χ3n) is 4.08. The van der Waals surface area contributed by atoms with E-state index in [-0.39, 0.29) is 18.5 Å². The van der Waals surface area contributed by atoms with Gasteiger partial charge in [0.2, 0.25) is 0 Å². The van der Waals surface area contributed by atoms with Crippen LogP contribution in [-0.2, 0) is 29.2 Å². The number of nitrogens with one attached hydrogen (secondary N) is 1. The molecule has 1 N–H and O–H groups in total. The van der Waals surface area contributed by atoms with Crippen LogP contribution in [0.1, 0.15) is 59.2 Å². The normalized spacial score (nSPS) is 11.4. The van der Waals surface area contributed by atoms with Crippen molar-refractivity contribution in [1.82, 2.24) is 19.1 Å². The molecule has 0 bridgehead atoms. The summed E-state index contributed by atoms with van der Waals surface area (Å²) in [5.41, 5.74) is -0.202. The highest BCUT2D eigenvalue weighted by Crippen LogP contribution is 2.14. The Kier molecular flexibility index (Phi) is 6.76. The molecule has 2 rings (SSSR count). The van der Waals surface area contributed by atoms with Crippen LogP contribution in [-0.4, -0.2) is 25.1 Å². The molecule has 8 heteroatoms. The maximum Gasteiger partial charge on any atom is 0.330 e. The molecule has 0 atom stereocenters. The standard InChI is InChI=1S/C18H28N4O4/c1-5-7-9-22-16-15(17(24)20-18(22)25)21(8-6-2)13(19-16)11-26-14(23)10-12(3)4/h12H,5-11H2,1-4H3,(H,20,24,25). The van der Waals surface area contributed by atoms with Crippen LogP contribution < -0.4 is 11.2 Å². The molecular formula is C18H28N4O4. The van der Waals surface area contributed by atoms with Gasteiger partial charge in [-0.3, -0.25) is 19.1 Å². The van der Waals surface area contributed by atoms with Crippen LogP contribution in [0.2, 0.25) is 0 Å². The molecule has 0 spiro atoms. The average molecular weight is 364 g/mol. The molecule has 0 saturated carbocycles. The van der Waals surface area contributed by atoms with Gasteiger partial charge in [0.15, 0.2) is 11.2 Å². The zero-order valence-electron chi connectivity index (χ0n) is 16.0. The van der Waals surface area contributed by atoms with Crippen molar-refractivity contribution in [3.05, 3.63) is 26.7 Å². The number of aromatic amines is 1. The first kappa shape index (κ1) is 19.9. The second-order valence-electron chi connectivity index (χ2n) is 6.88. The zero-order chi connectivity index (χ0) is 19.3. The summed E-state index contributed by atoms with van der Waals surface area (Å²) in [6.07, 6.45) is 2.84. The van der Waals surface area contributed by atoms with Gasteiger partial charge in [-0.05, 0) is 18.8 Å². The molecule has 2 aromatic rings. The van der Waals surface area contributed by atoms with Gasteiger partial charge < -0.3 is 9.30 Å². The smallest absolute Gasteiger partial charge is 0.330 e. The van der Waals surface area contributed by atoms with Gasteiger partial charge in [-0.25, -0.2) is 9.78 Å². The minimum Gasteiger partial charge on any atom is -0.457 e. The van der Waals surface area contributed by atoms with Gasteiger partial charge in [0.25, 0.3) is 5.56 Å². The number of fused-ring (bicyclic) bond motifs is 1. The van der Waals surface area contributed by atoms with E-state index in [2.05, 4.69) is 9.97 Å². The Morgan fingerprint density at radius 3 is 2.50 bits per heavy atom. The number of rotatable bonds is 9. The second-order valence-corrected chi connectivity index (χ2v) is 6.88. The van der Waals surface area contributed by atoms with Crippen molar-refractivity contribution >= 4 is 17.1 Å². The predicted molar refractivity (Wildman–Crippen MR) is 99.1 cm³/mol. The van der Waals surface area contributed by atoms with Gasteiger partial charge in [-0.2, -0.15) is 0 Å². The topological polar surface area (TPSA) is 99.0 Å². The third kappa shape index (κ3) is 4.42. The number of unbranched alkanes of at least 4 members (excludes halogenated alkanes) is 1. The van der Waals surface area contributed by atoms with Gasteiger partial charge >= 0.3 is 11.7 Å². The molecule has 0 aromatic carbocycles. The van der Waals surface area contributed by atoms with Crippen LogP contribution >= 0.6 is 0 Å². The van der Waals surface area contributed by atoms with Gasteiger partial charge in [0.1, 0.15) is 12.4 Å². The Balaban J connectivity index is 2.47. The molecule has 144 valence electrons. The number of carbonyl (C=O) groups is 1. The van der Waals surface area contributed by atoms with Crippen molar-refractivity contribution < 1.29 is 9.53 Å². The molecule has 0 aliphatic heterocycles. The SMILES string of the molecule is CCCCn1c(=O)[nH]c(=O)c2c1nc(COC(=O)CC(C)C)n2CCC. The molecule has 8 nitrogen and oxygen atoms in total. The number of hydrogen-bond acceptors (Lipinski definition) is 5. The van der Waals surface area contributed by atoms with Gasteiger partial charge in [0, 0.05) is 19.5 Å². The number of aryl methyl sites for hydroxylation is 2. The van der Waals surface area contributed by atoms with E-state index in [1.165, 1.54) is 4.57 Å². The van der Waals surface area contributed by atoms with Gasteiger partial charge in [0.05, 0.1) is 0 Å². The van der Waals surface area contributed by atoms with Crippen LogP contribution in [0.25, 0.3) is 11.2 Å². The average Bonchev–Trinajstić information content (AvgIpc) is 2.91. The van der Waals surface area contributed by atoms with E-state index in [9.17, 15) is 14.4 Å². The van der Waals surface area contributed by atoms with Crippen LogP contribution in [0.15, 0.2) is 9.59 Å². The van der Waals surface area contributed by atoms with Gasteiger partial charge in [-0.1, -0.05) is 34.1 Å². The summed E-state index contributed by atoms with van der Waals surface area (Å²) in [6, 6.07) is 0. The molecule has 0 aliphatic rings. The summed E-state index contributed by atoms with van der Waals surface area (Å²) in [5.74, 6) is 0.395. The van der Waals surface area contributed by atoms with E-state index < -0.39 is 11.2 Å². The van der Waals surface area contributed by atoms with E-state index in [0.29, 0.717) is 36.5 Å². The van der Waals surface area contributed by atoms with Crippen LogP contribution in [0.5, 0.6) is 0 Å². The maximum atomic E-state index is 12.4. The molecule has 0 saturated heterocycles. The Hall–Kier alpha value is -2.38. The van der Waals surface area contributed by atoms with E-state index in [1.54, 1.807) is 4.57 Å². The molecule has 2 aromatic heterocycles. The Labute approximate surface area is 152 Å². The van der Waals surface area contributed by atoms with Crippen molar-refractivity contribution in [2.24, 2.45) is 5.92 Å². The van der Waals surface area contributed by atoms with Crippen molar-refractivity contribution in [3.8, 4) is 0 Å². The second kappa shape index (κ2) is 8.82. The summed E-state index contributed by atoms with van der Waals surface area (Å²) < 4.78 is 8.57. The lowest BCUT2D eigenvalue weighted by Gasteiger charge is -2.09. The van der Waals surface area contributed by atoms with Crippen molar-refractivity contribution in [2.75, 3.05) is 0 Å². The summed E-state index contributed by atoms with van der Waals surface area (Å²) in [5, 5.41) is 0. The Bertz CT molecular complexity index is 876. The van der Waals surface area contributed by atoms with Crippen LogP contribution in [0.4, 0.5) is 0 Å². The van der Waals surface area contributed by atoms with Crippen molar-refractivity contribution in [3.63, 3.8) is 0 Å². The minimum atomic E-state index is -0.460. The highest BCUT2D eigenvalue weighted by atomic mass is 16.5. The number of H-pyrrole nitrogens is 1.